The summed E-state index contributed by atoms with van der Waals surface area (Å²) >= 11 is 0. The van der Waals surface area contributed by atoms with E-state index in [-0.39, 0.29) is 11.6 Å². The van der Waals surface area contributed by atoms with Crippen LogP contribution in [0.15, 0.2) is 47.4 Å². The number of aromatic nitrogens is 1. The van der Waals surface area contributed by atoms with Gasteiger partial charge in [-0.1, -0.05) is 0 Å². The molecule has 3 rings (SSSR count). The van der Waals surface area contributed by atoms with Crippen LogP contribution in [0.3, 0.4) is 0 Å². The fraction of sp³-hybridized carbons (Fsp3) is 0.278. The van der Waals surface area contributed by atoms with Gasteiger partial charge in [0.2, 0.25) is 0 Å². The minimum Gasteiger partial charge on any atom is -0.480 e. The van der Waals surface area contributed by atoms with E-state index in [1.165, 1.54) is 47.5 Å². The van der Waals surface area contributed by atoms with E-state index >= 15 is 0 Å². The molecule has 0 unspecified atom stereocenters. The molecule has 1 aromatic heterocycles. The number of carboxylic acid groups (broad SMARTS) is 1. The molecule has 1 aromatic carbocycles. The summed E-state index contributed by atoms with van der Waals surface area (Å²) in [6.45, 7) is -0.514. The molecule has 2 aromatic rings. The molecule has 25 heavy (non-hydrogen) atoms. The minimum absolute atomic E-state index is 0.0505. The maximum Gasteiger partial charge on any atom is 0.323 e. The molecule has 0 bridgehead atoms. The van der Waals surface area contributed by atoms with Gasteiger partial charge in [0, 0.05) is 17.9 Å². The molecule has 1 heterocycles. The van der Waals surface area contributed by atoms with Crippen LogP contribution in [0.2, 0.25) is 0 Å². The highest BCUT2D eigenvalue weighted by Crippen LogP contribution is 2.30. The fourth-order valence-electron chi connectivity index (χ4n) is 2.84. The molecule has 130 valence electrons. The number of hydrogen-bond acceptors (Lipinski definition) is 3. The van der Waals surface area contributed by atoms with Crippen LogP contribution in [0.1, 0.15) is 29.6 Å². The van der Waals surface area contributed by atoms with E-state index in [0.29, 0.717) is 5.69 Å². The monoisotopic (exact) mass is 344 g/mol. The van der Waals surface area contributed by atoms with Crippen LogP contribution in [0.5, 0.6) is 0 Å². The molecule has 0 spiro atoms. The topological polar surface area (TPSA) is 79.6 Å². The lowest BCUT2D eigenvalue weighted by atomic mass is 9.90. The lowest BCUT2D eigenvalue weighted by Gasteiger charge is -2.37. The molecular formula is C18H17FN2O4. The lowest BCUT2D eigenvalue weighted by molar-refractivity contribution is -0.137. The Morgan fingerprint density at radius 2 is 1.88 bits per heavy atom. The maximum absolute atomic E-state index is 13.2. The first kappa shape index (κ1) is 16.9. The predicted molar refractivity (Wildman–Crippen MR) is 89.2 cm³/mol. The third kappa shape index (κ3) is 3.45. The predicted octanol–water partition coefficient (Wildman–Crippen LogP) is 2.27. The van der Waals surface area contributed by atoms with Gasteiger partial charge in [0.15, 0.2) is 0 Å². The molecule has 1 amide bonds. The Morgan fingerprint density at radius 3 is 2.44 bits per heavy atom. The molecule has 1 saturated carbocycles. The van der Waals surface area contributed by atoms with Gasteiger partial charge < -0.3 is 14.6 Å². The summed E-state index contributed by atoms with van der Waals surface area (Å²) in [6, 6.07) is 8.35. The van der Waals surface area contributed by atoms with Crippen LogP contribution in [-0.2, 0) is 11.3 Å². The number of rotatable bonds is 5. The second kappa shape index (κ2) is 6.88. The van der Waals surface area contributed by atoms with Crippen LogP contribution < -0.4 is 10.5 Å². The van der Waals surface area contributed by atoms with Gasteiger partial charge in [-0.05, 0) is 55.7 Å². The van der Waals surface area contributed by atoms with E-state index < -0.39 is 29.8 Å². The molecule has 0 radical (unpaired) electrons. The summed E-state index contributed by atoms with van der Waals surface area (Å²) in [5.74, 6) is -2.07. The van der Waals surface area contributed by atoms with Crippen molar-refractivity contribution in [3.05, 3.63) is 64.3 Å². The summed E-state index contributed by atoms with van der Waals surface area (Å²) in [5, 5.41) is 8.88. The average molecular weight is 344 g/mol. The Bertz CT molecular complexity index is 856. The Labute approximate surface area is 143 Å². The van der Waals surface area contributed by atoms with Gasteiger partial charge in [0.25, 0.3) is 11.5 Å². The third-order valence-electron chi connectivity index (χ3n) is 4.32. The van der Waals surface area contributed by atoms with Gasteiger partial charge in [-0.15, -0.1) is 0 Å². The molecule has 6 nitrogen and oxygen atoms in total. The van der Waals surface area contributed by atoms with Crippen molar-refractivity contribution in [3.63, 3.8) is 0 Å². The first-order valence-electron chi connectivity index (χ1n) is 7.98. The minimum atomic E-state index is -1.17. The van der Waals surface area contributed by atoms with Gasteiger partial charge >= 0.3 is 5.97 Å². The Hall–Kier alpha value is -2.96. The van der Waals surface area contributed by atoms with Crippen molar-refractivity contribution in [1.82, 2.24) is 4.57 Å². The highest BCUT2D eigenvalue weighted by Gasteiger charge is 2.32. The number of carbonyl (C=O) groups excluding carboxylic acids is 1. The number of halogens is 1. The van der Waals surface area contributed by atoms with Crippen LogP contribution >= 0.6 is 0 Å². The molecule has 1 N–H and O–H groups in total. The van der Waals surface area contributed by atoms with E-state index in [0.717, 1.165) is 23.8 Å². The first-order chi connectivity index (χ1) is 12.0. The molecule has 7 heteroatoms. The normalized spacial score (nSPS) is 14.0. The number of hydrogen-bond donors (Lipinski definition) is 1. The lowest BCUT2D eigenvalue weighted by Crippen LogP contribution is -2.46. The Morgan fingerprint density at radius 1 is 1.20 bits per heavy atom. The first-order valence-corrected chi connectivity index (χ1v) is 7.98. The zero-order chi connectivity index (χ0) is 18.0. The number of carbonyl (C=O) groups is 2. The van der Waals surface area contributed by atoms with Crippen molar-refractivity contribution in [1.29, 1.82) is 0 Å². The summed E-state index contributed by atoms with van der Waals surface area (Å²) in [5.41, 5.74) is -0.231. The number of nitrogens with zero attached hydrogens (tertiary/aromatic N) is 2. The second-order valence-electron chi connectivity index (χ2n) is 5.98. The number of benzene rings is 1. The summed E-state index contributed by atoms with van der Waals surface area (Å²) < 4.78 is 14.2. The van der Waals surface area contributed by atoms with E-state index in [2.05, 4.69) is 0 Å². The molecule has 0 aliphatic heterocycles. The van der Waals surface area contributed by atoms with E-state index in [1.807, 2.05) is 0 Å². The highest BCUT2D eigenvalue weighted by atomic mass is 19.1. The zero-order valence-corrected chi connectivity index (χ0v) is 13.4. The largest absolute Gasteiger partial charge is 0.480 e. The van der Waals surface area contributed by atoms with Crippen LogP contribution in [-0.4, -0.2) is 27.6 Å². The van der Waals surface area contributed by atoms with Crippen molar-refractivity contribution < 1.29 is 19.1 Å². The van der Waals surface area contributed by atoms with Crippen molar-refractivity contribution in [2.45, 2.75) is 31.8 Å². The number of carboxylic acids is 1. The van der Waals surface area contributed by atoms with Crippen molar-refractivity contribution in [3.8, 4) is 0 Å². The molecule has 0 saturated heterocycles. The van der Waals surface area contributed by atoms with E-state index in [1.54, 1.807) is 0 Å². The number of amides is 1. The van der Waals surface area contributed by atoms with Crippen molar-refractivity contribution >= 4 is 17.6 Å². The van der Waals surface area contributed by atoms with Crippen LogP contribution in [0, 0.1) is 5.82 Å². The molecule has 1 fully saturated rings. The Kier molecular flexibility index (Phi) is 4.65. The smallest absolute Gasteiger partial charge is 0.323 e. The Balaban J connectivity index is 1.99. The molecule has 0 atom stereocenters. The highest BCUT2D eigenvalue weighted by molar-refractivity contribution is 6.06. The maximum atomic E-state index is 13.2. The van der Waals surface area contributed by atoms with Crippen LogP contribution in [0.25, 0.3) is 0 Å². The van der Waals surface area contributed by atoms with Crippen LogP contribution in [0.4, 0.5) is 10.1 Å². The van der Waals surface area contributed by atoms with Gasteiger partial charge in [-0.2, -0.15) is 0 Å². The SMILES string of the molecule is O=C(O)Cn1cccc(C(=O)N(c2ccc(F)cc2)C2CCC2)c1=O. The second-order valence-corrected chi connectivity index (χ2v) is 5.98. The zero-order valence-electron chi connectivity index (χ0n) is 13.4. The third-order valence-corrected chi connectivity index (χ3v) is 4.32. The molecule has 1 aliphatic carbocycles. The number of aliphatic carboxylic acids is 1. The van der Waals surface area contributed by atoms with Gasteiger partial charge in [0.1, 0.15) is 17.9 Å². The average Bonchev–Trinajstić information content (AvgIpc) is 2.53. The summed E-state index contributed by atoms with van der Waals surface area (Å²) in [6.07, 6.45) is 3.92. The summed E-state index contributed by atoms with van der Waals surface area (Å²) in [7, 11) is 0. The fourth-order valence-corrected chi connectivity index (χ4v) is 2.84. The standard InChI is InChI=1S/C18H17FN2O4/c19-12-6-8-14(9-7-12)21(13-3-1-4-13)18(25)15-5-2-10-20(17(15)24)11-16(22)23/h2,5-10,13H,1,3-4,11H2,(H,22,23). The van der Waals surface area contributed by atoms with Gasteiger partial charge in [0.05, 0.1) is 0 Å². The van der Waals surface area contributed by atoms with E-state index in [4.69, 9.17) is 5.11 Å². The molecular weight excluding hydrogens is 327 g/mol. The van der Waals surface area contributed by atoms with Gasteiger partial charge in [-0.3, -0.25) is 14.4 Å². The van der Waals surface area contributed by atoms with Gasteiger partial charge in [-0.25, -0.2) is 4.39 Å². The number of anilines is 1. The quantitative estimate of drug-likeness (QED) is 0.902. The number of pyridine rings is 1. The van der Waals surface area contributed by atoms with Crippen molar-refractivity contribution in [2.24, 2.45) is 0 Å². The molecule has 1 aliphatic rings. The summed E-state index contributed by atoms with van der Waals surface area (Å²) in [4.78, 5) is 37.8. The van der Waals surface area contributed by atoms with Crippen molar-refractivity contribution in [2.75, 3.05) is 4.90 Å². The van der Waals surface area contributed by atoms with E-state index in [9.17, 15) is 18.8 Å².